The number of methoxy groups -OCH3 is 1. The van der Waals surface area contributed by atoms with Crippen LogP contribution >= 0.6 is 0 Å². The van der Waals surface area contributed by atoms with E-state index in [1.54, 1.807) is 7.11 Å². The number of ether oxygens (including phenoxy) is 1. The lowest BCUT2D eigenvalue weighted by Gasteiger charge is -2.36. The second kappa shape index (κ2) is 8.01. The molecule has 0 saturated carbocycles. The summed E-state index contributed by atoms with van der Waals surface area (Å²) in [4.78, 5) is 17.5. The number of hydrogen-bond donors (Lipinski definition) is 1. The summed E-state index contributed by atoms with van der Waals surface area (Å²) in [6, 6.07) is 18.4. The summed E-state index contributed by atoms with van der Waals surface area (Å²) in [5.74, 6) is 1.23. The molecule has 3 saturated heterocycles. The maximum absolute atomic E-state index is 13.0. The summed E-state index contributed by atoms with van der Waals surface area (Å²) in [6.07, 6.45) is 2.28. The molecule has 2 unspecified atom stereocenters. The van der Waals surface area contributed by atoms with Gasteiger partial charge in [-0.15, -0.1) is 0 Å². The number of urea groups is 1. The summed E-state index contributed by atoms with van der Waals surface area (Å²) < 4.78 is 5.36. The number of fused-ring (bicyclic) bond motifs is 4. The average Bonchev–Trinajstić information content (AvgIpc) is 3.00. The molecule has 27 heavy (non-hydrogen) atoms. The molecule has 0 aliphatic carbocycles. The van der Waals surface area contributed by atoms with Crippen molar-refractivity contribution in [3.63, 3.8) is 0 Å². The van der Waals surface area contributed by atoms with E-state index in [2.05, 4.69) is 40.5 Å². The van der Waals surface area contributed by atoms with Crippen molar-refractivity contribution in [2.24, 2.45) is 5.92 Å². The van der Waals surface area contributed by atoms with Gasteiger partial charge in [-0.2, -0.15) is 0 Å². The van der Waals surface area contributed by atoms with Crippen LogP contribution in [0.4, 0.5) is 10.5 Å². The Kier molecular flexibility index (Phi) is 5.30. The quantitative estimate of drug-likeness (QED) is 0.896. The largest absolute Gasteiger partial charge is 0.495 e. The molecule has 0 spiro atoms. The van der Waals surface area contributed by atoms with Crippen molar-refractivity contribution in [2.75, 3.05) is 32.1 Å². The van der Waals surface area contributed by atoms with Crippen LogP contribution in [0.3, 0.4) is 0 Å². The van der Waals surface area contributed by atoms with E-state index in [1.807, 2.05) is 29.2 Å². The van der Waals surface area contributed by atoms with Gasteiger partial charge in [-0.05, 0) is 36.5 Å². The summed E-state index contributed by atoms with van der Waals surface area (Å²) >= 11 is 0. The molecule has 0 radical (unpaired) electrons. The van der Waals surface area contributed by atoms with E-state index in [9.17, 15) is 4.79 Å². The summed E-state index contributed by atoms with van der Waals surface area (Å²) in [5, 5.41) is 3.05. The highest BCUT2D eigenvalue weighted by atomic mass is 16.5. The van der Waals surface area contributed by atoms with Crippen molar-refractivity contribution in [3.05, 3.63) is 60.2 Å². The number of nitrogens with zero attached hydrogens (tertiary/aromatic N) is 2. The van der Waals surface area contributed by atoms with Gasteiger partial charge in [0.1, 0.15) is 5.75 Å². The third-order valence-electron chi connectivity index (χ3n) is 5.65. The van der Waals surface area contributed by atoms with Crippen LogP contribution in [0.15, 0.2) is 54.6 Å². The third-order valence-corrected chi connectivity index (χ3v) is 5.65. The standard InChI is InChI=1S/C22H27N3O2/c1-27-21-10-6-5-9-20(21)23-22(26)25-15-18-11-12-19(25)16-24(14-18)13-17-7-3-2-4-8-17/h2-10,18-19H,11-16H2,1H3,(H,23,26). The van der Waals surface area contributed by atoms with E-state index in [1.165, 1.54) is 12.0 Å². The molecule has 5 rings (SSSR count). The van der Waals surface area contributed by atoms with Crippen molar-refractivity contribution < 1.29 is 9.53 Å². The van der Waals surface area contributed by atoms with Crippen LogP contribution in [0.25, 0.3) is 0 Å². The molecular formula is C22H27N3O2. The van der Waals surface area contributed by atoms with E-state index >= 15 is 0 Å². The van der Waals surface area contributed by atoms with E-state index in [0.29, 0.717) is 11.7 Å². The summed E-state index contributed by atoms with van der Waals surface area (Å²) in [7, 11) is 1.63. The first-order chi connectivity index (χ1) is 13.2. The fraction of sp³-hybridized carbons (Fsp3) is 0.409. The van der Waals surface area contributed by atoms with Gasteiger partial charge in [0.2, 0.25) is 0 Å². The van der Waals surface area contributed by atoms with E-state index in [4.69, 9.17) is 4.74 Å². The Morgan fingerprint density at radius 1 is 1.04 bits per heavy atom. The molecule has 2 aromatic rings. The molecule has 2 amide bonds. The number of carbonyl (C=O) groups is 1. The van der Waals surface area contributed by atoms with E-state index < -0.39 is 0 Å². The van der Waals surface area contributed by atoms with Gasteiger partial charge < -0.3 is 15.0 Å². The first-order valence-corrected chi connectivity index (χ1v) is 9.70. The highest BCUT2D eigenvalue weighted by Gasteiger charge is 2.37. The maximum atomic E-state index is 13.0. The van der Waals surface area contributed by atoms with Crippen LogP contribution in [0, 0.1) is 5.92 Å². The van der Waals surface area contributed by atoms with Gasteiger partial charge in [-0.25, -0.2) is 4.79 Å². The van der Waals surface area contributed by atoms with Crippen molar-refractivity contribution in [3.8, 4) is 5.75 Å². The molecule has 3 aliphatic heterocycles. The van der Waals surface area contributed by atoms with Crippen LogP contribution < -0.4 is 10.1 Å². The number of anilines is 1. The molecule has 2 aromatic carbocycles. The lowest BCUT2D eigenvalue weighted by molar-refractivity contribution is 0.151. The minimum atomic E-state index is -0.0178. The smallest absolute Gasteiger partial charge is 0.322 e. The number of para-hydroxylation sites is 2. The second-order valence-corrected chi connectivity index (χ2v) is 7.56. The topological polar surface area (TPSA) is 44.8 Å². The average molecular weight is 365 g/mol. The molecule has 0 aromatic heterocycles. The number of hydrogen-bond acceptors (Lipinski definition) is 3. The predicted octanol–water partition coefficient (Wildman–Crippen LogP) is 3.82. The Morgan fingerprint density at radius 3 is 2.63 bits per heavy atom. The highest BCUT2D eigenvalue weighted by Crippen LogP contribution is 2.30. The molecule has 5 heteroatoms. The van der Waals surface area contributed by atoms with Gasteiger partial charge in [0.05, 0.1) is 12.8 Å². The molecule has 5 nitrogen and oxygen atoms in total. The normalized spacial score (nSPS) is 22.3. The molecule has 3 fully saturated rings. The van der Waals surface area contributed by atoms with Gasteiger partial charge in [-0.3, -0.25) is 4.90 Å². The fourth-order valence-corrected chi connectivity index (χ4v) is 4.33. The lowest BCUT2D eigenvalue weighted by Crippen LogP contribution is -2.49. The zero-order valence-corrected chi connectivity index (χ0v) is 15.8. The lowest BCUT2D eigenvalue weighted by atomic mass is 9.95. The molecule has 3 aliphatic rings. The summed E-state index contributed by atoms with van der Waals surface area (Å²) in [6.45, 7) is 3.78. The number of nitrogens with one attached hydrogen (secondary N) is 1. The van der Waals surface area contributed by atoms with Gasteiger partial charge >= 0.3 is 6.03 Å². The van der Waals surface area contributed by atoms with Gasteiger partial charge in [0.25, 0.3) is 0 Å². The molecule has 2 atom stereocenters. The maximum Gasteiger partial charge on any atom is 0.322 e. The number of rotatable bonds is 4. The van der Waals surface area contributed by atoms with Crippen molar-refractivity contribution in [1.29, 1.82) is 0 Å². The zero-order valence-electron chi connectivity index (χ0n) is 15.8. The van der Waals surface area contributed by atoms with Crippen LogP contribution in [0.2, 0.25) is 0 Å². The monoisotopic (exact) mass is 365 g/mol. The second-order valence-electron chi connectivity index (χ2n) is 7.56. The number of piperidine rings is 1. The predicted molar refractivity (Wildman–Crippen MR) is 107 cm³/mol. The fourth-order valence-electron chi connectivity index (χ4n) is 4.33. The number of benzene rings is 2. The first kappa shape index (κ1) is 17.9. The molecule has 1 N–H and O–H groups in total. The SMILES string of the molecule is COc1ccccc1NC(=O)N1CC2CCC1CN(Cc1ccccc1)C2. The van der Waals surface area contributed by atoms with Crippen molar-refractivity contribution >= 4 is 11.7 Å². The van der Waals surface area contributed by atoms with Crippen molar-refractivity contribution in [2.45, 2.75) is 25.4 Å². The van der Waals surface area contributed by atoms with Gasteiger partial charge in [-0.1, -0.05) is 42.5 Å². The molecule has 142 valence electrons. The summed E-state index contributed by atoms with van der Waals surface area (Å²) in [5.41, 5.74) is 2.06. The van der Waals surface area contributed by atoms with E-state index in [-0.39, 0.29) is 12.1 Å². The number of carbonyl (C=O) groups excluding carboxylic acids is 1. The molecular weight excluding hydrogens is 338 g/mol. The van der Waals surface area contributed by atoms with Crippen LogP contribution in [-0.2, 0) is 6.54 Å². The number of amides is 2. The Balaban J connectivity index is 1.45. The van der Waals surface area contributed by atoms with E-state index in [0.717, 1.165) is 38.3 Å². The first-order valence-electron chi connectivity index (χ1n) is 9.70. The minimum Gasteiger partial charge on any atom is -0.495 e. The van der Waals surface area contributed by atoms with Crippen molar-refractivity contribution in [1.82, 2.24) is 9.80 Å². The Labute approximate surface area is 160 Å². The Hall–Kier alpha value is -2.53. The minimum absolute atomic E-state index is 0.0178. The van der Waals surface area contributed by atoms with Crippen LogP contribution in [0.5, 0.6) is 5.75 Å². The Morgan fingerprint density at radius 2 is 1.81 bits per heavy atom. The third kappa shape index (κ3) is 4.08. The Bertz CT molecular complexity index is 780. The molecule has 2 bridgehead atoms. The molecule has 3 heterocycles. The highest BCUT2D eigenvalue weighted by molar-refractivity contribution is 5.91. The van der Waals surface area contributed by atoms with Gasteiger partial charge in [0, 0.05) is 32.2 Å². The van der Waals surface area contributed by atoms with Gasteiger partial charge in [0.15, 0.2) is 0 Å². The van der Waals surface area contributed by atoms with Crippen LogP contribution in [-0.4, -0.2) is 48.6 Å². The van der Waals surface area contributed by atoms with Crippen LogP contribution in [0.1, 0.15) is 18.4 Å². The zero-order chi connectivity index (χ0) is 18.6.